The maximum absolute atomic E-state index is 13.2. The van der Waals surface area contributed by atoms with Crippen molar-refractivity contribution in [1.29, 1.82) is 0 Å². The summed E-state index contributed by atoms with van der Waals surface area (Å²) in [7, 11) is -4.27. The van der Waals surface area contributed by atoms with Crippen molar-refractivity contribution in [3.8, 4) is 0 Å². The summed E-state index contributed by atoms with van der Waals surface area (Å²) in [6.45, 7) is 13.5. The number of carbonyl (C=O) groups excluding carboxylic acids is 2. The molecular weight excluding hydrogens is 520 g/mol. The largest absolute Gasteiger partial charge is 0.444 e. The van der Waals surface area contributed by atoms with Gasteiger partial charge in [0.15, 0.2) is 5.03 Å². The first-order chi connectivity index (χ1) is 18.1. The Balaban J connectivity index is 0.00000441. The highest BCUT2D eigenvalue weighted by molar-refractivity contribution is 7.90. The van der Waals surface area contributed by atoms with Gasteiger partial charge < -0.3 is 19.9 Å². The van der Waals surface area contributed by atoms with Crippen molar-refractivity contribution < 1.29 is 24.2 Å². The molecule has 2 atom stereocenters. The van der Waals surface area contributed by atoms with E-state index in [-0.39, 0.29) is 23.6 Å². The SMILES string of the molecule is CC1CN(c2ncccc2C(=O)NS(=O)(=O)c2cccc(N3CC[C@@H](NC(=O)OC(C)(C)C)C3)n2)C(C)(C)C1.[HH]. The first-order valence-electron chi connectivity index (χ1n) is 13.2. The molecule has 2 aromatic rings. The van der Waals surface area contributed by atoms with Gasteiger partial charge >= 0.3 is 6.09 Å². The van der Waals surface area contributed by atoms with Gasteiger partial charge in [-0.15, -0.1) is 0 Å². The molecule has 2 fully saturated rings. The van der Waals surface area contributed by atoms with Crippen LogP contribution in [0.25, 0.3) is 0 Å². The molecule has 11 nitrogen and oxygen atoms in total. The summed E-state index contributed by atoms with van der Waals surface area (Å²) in [5.41, 5.74) is -0.629. The summed E-state index contributed by atoms with van der Waals surface area (Å²) < 4.78 is 33.9. The van der Waals surface area contributed by atoms with E-state index in [4.69, 9.17) is 4.74 Å². The van der Waals surface area contributed by atoms with Gasteiger partial charge in [-0.25, -0.2) is 19.5 Å². The van der Waals surface area contributed by atoms with Crippen LogP contribution in [-0.2, 0) is 14.8 Å². The lowest BCUT2D eigenvalue weighted by Crippen LogP contribution is -2.41. The molecule has 39 heavy (non-hydrogen) atoms. The smallest absolute Gasteiger partial charge is 0.407 e. The Morgan fingerprint density at radius 1 is 1.15 bits per heavy atom. The maximum Gasteiger partial charge on any atom is 0.407 e. The van der Waals surface area contributed by atoms with Crippen molar-refractivity contribution in [3.05, 3.63) is 42.1 Å². The number of aromatic nitrogens is 2. The zero-order valence-corrected chi connectivity index (χ0v) is 24.2. The Hall–Kier alpha value is -3.41. The Kier molecular flexibility index (Phi) is 7.79. The highest BCUT2D eigenvalue weighted by Crippen LogP contribution is 2.37. The van der Waals surface area contributed by atoms with Crippen LogP contribution in [0, 0.1) is 5.92 Å². The quantitative estimate of drug-likeness (QED) is 0.544. The van der Waals surface area contributed by atoms with E-state index in [0.29, 0.717) is 37.1 Å². The van der Waals surface area contributed by atoms with E-state index >= 15 is 0 Å². The van der Waals surface area contributed by atoms with Crippen LogP contribution in [-0.4, -0.2) is 67.2 Å². The first-order valence-corrected chi connectivity index (χ1v) is 14.6. The number of ether oxygens (including phenoxy) is 1. The van der Waals surface area contributed by atoms with Gasteiger partial charge in [-0.1, -0.05) is 13.0 Å². The van der Waals surface area contributed by atoms with Crippen LogP contribution in [0.2, 0.25) is 0 Å². The molecule has 1 unspecified atom stereocenters. The predicted octanol–water partition coefficient (Wildman–Crippen LogP) is 3.57. The van der Waals surface area contributed by atoms with E-state index < -0.39 is 27.6 Å². The number of hydrogen-bond donors (Lipinski definition) is 2. The topological polar surface area (TPSA) is 134 Å². The lowest BCUT2D eigenvalue weighted by molar-refractivity contribution is 0.0508. The molecule has 0 spiro atoms. The number of amides is 2. The van der Waals surface area contributed by atoms with Crippen molar-refractivity contribution in [2.24, 2.45) is 5.92 Å². The summed E-state index contributed by atoms with van der Waals surface area (Å²) in [5.74, 6) is 0.553. The highest BCUT2D eigenvalue weighted by Gasteiger charge is 2.39. The Morgan fingerprint density at radius 2 is 1.90 bits per heavy atom. The van der Waals surface area contributed by atoms with Gasteiger partial charge in [0.2, 0.25) is 0 Å². The van der Waals surface area contributed by atoms with E-state index in [1.54, 1.807) is 51.2 Å². The number of anilines is 2. The van der Waals surface area contributed by atoms with Crippen molar-refractivity contribution >= 4 is 33.7 Å². The first kappa shape index (κ1) is 28.6. The number of rotatable bonds is 6. The van der Waals surface area contributed by atoms with Crippen LogP contribution < -0.4 is 19.8 Å². The van der Waals surface area contributed by atoms with E-state index in [1.807, 2.05) is 4.90 Å². The van der Waals surface area contributed by atoms with E-state index in [0.717, 1.165) is 13.0 Å². The van der Waals surface area contributed by atoms with Gasteiger partial charge in [0, 0.05) is 32.8 Å². The lowest BCUT2D eigenvalue weighted by Gasteiger charge is -2.33. The third-order valence-electron chi connectivity index (χ3n) is 6.80. The molecule has 0 aliphatic carbocycles. The molecule has 2 aliphatic rings. The standard InChI is InChI=1S/C27H38N6O5S.H2/c1-18-15-27(5,6)33(16-18)23-20(9-8-13-28-23)24(34)31-39(36,37)22-11-7-10-21(30-22)32-14-12-19(17-32)29-25(35)38-26(2,3)4;/h7-11,13,18-19H,12,14-17H2,1-6H3,(H,29,35)(H,31,34);1H/t18?,19-;/m1./s1. The number of nitrogens with zero attached hydrogens (tertiary/aromatic N) is 4. The van der Waals surface area contributed by atoms with E-state index in [2.05, 4.69) is 45.7 Å². The van der Waals surface area contributed by atoms with Crippen LogP contribution in [0.4, 0.5) is 16.4 Å². The monoisotopic (exact) mass is 560 g/mol. The van der Waals surface area contributed by atoms with Gasteiger partial charge in [-0.3, -0.25) is 4.79 Å². The second-order valence-electron chi connectivity index (χ2n) is 12.0. The second-order valence-corrected chi connectivity index (χ2v) is 13.6. The third-order valence-corrected chi connectivity index (χ3v) is 8.04. The van der Waals surface area contributed by atoms with Gasteiger partial charge in [0.25, 0.3) is 15.9 Å². The summed E-state index contributed by atoms with van der Waals surface area (Å²) in [4.78, 5) is 38.1. The Morgan fingerprint density at radius 3 is 2.56 bits per heavy atom. The minimum absolute atomic E-state index is 0. The van der Waals surface area contributed by atoms with Crippen LogP contribution in [0.5, 0.6) is 0 Å². The molecule has 4 rings (SSSR count). The van der Waals surface area contributed by atoms with Crippen LogP contribution in [0.15, 0.2) is 41.6 Å². The average Bonchev–Trinajstić information content (AvgIpc) is 3.40. The molecule has 2 amide bonds. The van der Waals surface area contributed by atoms with E-state index in [9.17, 15) is 18.0 Å². The molecule has 0 aromatic carbocycles. The third kappa shape index (κ3) is 6.78. The summed E-state index contributed by atoms with van der Waals surface area (Å²) in [5, 5.41) is 2.58. The van der Waals surface area contributed by atoms with E-state index in [1.165, 1.54) is 6.07 Å². The average molecular weight is 561 g/mol. The predicted molar refractivity (Wildman–Crippen MR) is 150 cm³/mol. The fourth-order valence-corrected chi connectivity index (χ4v) is 6.20. The molecule has 12 heteroatoms. The molecule has 214 valence electrons. The maximum atomic E-state index is 13.2. The molecule has 2 aliphatic heterocycles. The fourth-order valence-electron chi connectivity index (χ4n) is 5.27. The zero-order valence-electron chi connectivity index (χ0n) is 23.4. The Bertz CT molecular complexity index is 1350. The molecule has 2 aromatic heterocycles. The fraction of sp³-hybridized carbons (Fsp3) is 0.556. The molecule has 0 saturated carbocycles. The van der Waals surface area contributed by atoms with Crippen molar-refractivity contribution in [2.45, 2.75) is 76.6 Å². The molecule has 4 heterocycles. The second kappa shape index (κ2) is 10.6. The number of alkyl carbamates (subject to hydrolysis) is 1. The number of sulfonamides is 1. The minimum Gasteiger partial charge on any atom is -0.444 e. The van der Waals surface area contributed by atoms with Crippen LogP contribution in [0.3, 0.4) is 0 Å². The Labute approximate surface area is 231 Å². The molecular formula is C27H40N6O5S. The number of carbonyl (C=O) groups is 2. The lowest BCUT2D eigenvalue weighted by atomic mass is 9.97. The molecule has 2 saturated heterocycles. The normalized spacial score (nSPS) is 21.1. The zero-order chi connectivity index (χ0) is 28.6. The number of pyridine rings is 2. The van der Waals surface area contributed by atoms with Crippen LogP contribution in [0.1, 0.15) is 66.2 Å². The number of hydrogen-bond acceptors (Lipinski definition) is 9. The minimum atomic E-state index is -4.27. The highest BCUT2D eigenvalue weighted by atomic mass is 32.2. The van der Waals surface area contributed by atoms with Gasteiger partial charge in [0.05, 0.1) is 11.6 Å². The molecule has 0 radical (unpaired) electrons. The van der Waals surface area contributed by atoms with Crippen molar-refractivity contribution in [3.63, 3.8) is 0 Å². The van der Waals surface area contributed by atoms with Gasteiger partial charge in [-0.2, -0.15) is 8.42 Å². The summed E-state index contributed by atoms with van der Waals surface area (Å²) in [6, 6.07) is 7.67. The van der Waals surface area contributed by atoms with Crippen LogP contribution >= 0.6 is 0 Å². The summed E-state index contributed by atoms with van der Waals surface area (Å²) >= 11 is 0. The molecule has 2 N–H and O–H groups in total. The van der Waals surface area contributed by atoms with Crippen molar-refractivity contribution in [2.75, 3.05) is 29.4 Å². The summed E-state index contributed by atoms with van der Waals surface area (Å²) in [6.07, 6.45) is 2.70. The van der Waals surface area contributed by atoms with Gasteiger partial charge in [0.1, 0.15) is 17.2 Å². The van der Waals surface area contributed by atoms with Crippen molar-refractivity contribution in [1.82, 2.24) is 20.0 Å². The number of nitrogens with one attached hydrogen (secondary N) is 2. The molecule has 0 bridgehead atoms. The van der Waals surface area contributed by atoms with Gasteiger partial charge in [-0.05, 0) is 77.6 Å².